The second-order valence-electron chi connectivity index (χ2n) is 3.51. The summed E-state index contributed by atoms with van der Waals surface area (Å²) in [4.78, 5) is 41.4. The minimum atomic E-state index is -2.26. The number of rotatable bonds is 2. The smallest absolute Gasteiger partial charge is 0.109 e. The first-order chi connectivity index (χ1) is 13.0. The van der Waals surface area contributed by atoms with Crippen molar-refractivity contribution in [1.82, 2.24) is 0 Å². The molecule has 5 nitrogen and oxygen atoms in total. The molecule has 2 radical (unpaired) electrons. The Bertz CT molecular complexity index is 598. The predicted molar refractivity (Wildman–Crippen MR) is 92.5 cm³/mol. The second kappa shape index (κ2) is 29.3. The van der Waals surface area contributed by atoms with Crippen LogP contribution in [0.5, 0.6) is 0 Å². The van der Waals surface area contributed by atoms with Crippen LogP contribution < -0.4 is 0 Å². The van der Waals surface area contributed by atoms with Crippen molar-refractivity contribution in [3.05, 3.63) is 48.6 Å². The SMILES string of the molecule is C[Si](F)O[Si](C)F.O=[C]=[Fe]=[C]=O.O=[C]=[Fe]=[C]=O.[C-]1=CC=CC1.[C-]1=CC=CC1. The van der Waals surface area contributed by atoms with Crippen LogP contribution in [0.15, 0.2) is 36.5 Å². The molecule has 0 N–H and O–H groups in total. The fourth-order valence-corrected chi connectivity index (χ4v) is 2.55. The number of hydrogen-bond acceptors (Lipinski definition) is 5. The van der Waals surface area contributed by atoms with E-state index >= 15 is 0 Å². The van der Waals surface area contributed by atoms with Gasteiger partial charge in [0.1, 0.15) is 0 Å². The molecule has 0 aromatic heterocycles. The van der Waals surface area contributed by atoms with Gasteiger partial charge in [0.25, 0.3) is 0 Å². The maximum absolute atomic E-state index is 11.6. The summed E-state index contributed by atoms with van der Waals surface area (Å²) in [6.07, 6.45) is 20.0. The summed E-state index contributed by atoms with van der Waals surface area (Å²) >= 11 is -0.444. The van der Waals surface area contributed by atoms with Gasteiger partial charge in [0.2, 0.25) is 0 Å². The molecule has 2 aliphatic rings. The summed E-state index contributed by atoms with van der Waals surface area (Å²) in [6, 6.07) is 0. The maximum Gasteiger partial charge on any atom is -0.109 e. The van der Waals surface area contributed by atoms with Crippen molar-refractivity contribution >= 4 is 37.9 Å². The molecule has 0 aromatic carbocycles. The minimum absolute atomic E-state index is 0.222. The van der Waals surface area contributed by atoms with E-state index in [1.54, 1.807) is 0 Å². The van der Waals surface area contributed by atoms with Crippen LogP contribution in [0, 0.1) is 12.2 Å². The first kappa shape index (κ1) is 30.3. The van der Waals surface area contributed by atoms with Crippen molar-refractivity contribution in [1.29, 1.82) is 0 Å². The summed E-state index contributed by atoms with van der Waals surface area (Å²) in [7, 11) is -4.53. The first-order valence-corrected chi connectivity index (χ1v) is 12.5. The Morgan fingerprint density at radius 1 is 0.815 bits per heavy atom. The summed E-state index contributed by atoms with van der Waals surface area (Å²) in [5.74, 6) is 0. The molecule has 0 aliphatic heterocycles. The number of allylic oxidation sites excluding steroid dienone is 8. The van der Waals surface area contributed by atoms with Gasteiger partial charge in [0, 0.05) is 0 Å². The summed E-state index contributed by atoms with van der Waals surface area (Å²) in [5, 5.41) is 0. The molecular weight excluding hydrogens is 478 g/mol. The van der Waals surface area contributed by atoms with Crippen LogP contribution in [0.2, 0.25) is 13.1 Å². The van der Waals surface area contributed by atoms with Gasteiger partial charge in [0.15, 0.2) is 0 Å². The fraction of sp³-hybridized carbons (Fsp3) is 0.250. The van der Waals surface area contributed by atoms with Gasteiger partial charge in [-0.1, -0.05) is 0 Å². The molecule has 11 heteroatoms. The molecule has 0 saturated heterocycles. The van der Waals surface area contributed by atoms with Crippen LogP contribution in [-0.2, 0) is 51.5 Å². The molecule has 2 aliphatic carbocycles. The maximum atomic E-state index is 11.6. The van der Waals surface area contributed by atoms with E-state index in [0.717, 1.165) is 12.8 Å². The zero-order chi connectivity index (χ0) is 21.2. The van der Waals surface area contributed by atoms with E-state index in [4.69, 9.17) is 19.2 Å². The van der Waals surface area contributed by atoms with E-state index in [-0.39, 0.29) is 28.2 Å². The largest absolute Gasteiger partial charge is 0.273 e. The van der Waals surface area contributed by atoms with Crippen molar-refractivity contribution in [3.8, 4) is 0 Å². The van der Waals surface area contributed by atoms with Crippen LogP contribution in [0.1, 0.15) is 12.8 Å². The van der Waals surface area contributed by atoms with Gasteiger partial charge in [-0.05, 0) is 13.1 Å². The minimum Gasteiger partial charge on any atom is -0.273 e. The topological polar surface area (TPSA) is 77.5 Å². The Balaban J connectivity index is -0.000000268. The van der Waals surface area contributed by atoms with Crippen molar-refractivity contribution in [2.45, 2.75) is 25.9 Å². The molecule has 0 aromatic rings. The first-order valence-electron chi connectivity index (χ1n) is 6.74. The standard InChI is InChI=1S/2C5H5.C2H6F2OSi2.4CO.2Fe/c2*1-2-4-5-3-1;1-6(3)5-7(2)4;4*1-2;;/h2*1-3H,4H2;1-2H3;;;;;;/q2*-1;;;;;;;. The van der Waals surface area contributed by atoms with Crippen molar-refractivity contribution in [2.24, 2.45) is 0 Å². The summed E-state index contributed by atoms with van der Waals surface area (Å²) in [5.41, 5.74) is 0. The van der Waals surface area contributed by atoms with E-state index in [2.05, 4.69) is 28.4 Å². The van der Waals surface area contributed by atoms with Crippen molar-refractivity contribution in [3.63, 3.8) is 0 Å². The Morgan fingerprint density at radius 2 is 1.15 bits per heavy atom. The average Bonchev–Trinajstić information content (AvgIpc) is 3.35. The molecule has 0 amide bonds. The normalized spacial score (nSPS) is 11.2. The van der Waals surface area contributed by atoms with Gasteiger partial charge in [0.05, 0.1) is 0 Å². The van der Waals surface area contributed by atoms with Crippen LogP contribution in [-0.4, -0.2) is 37.9 Å². The fourth-order valence-electron chi connectivity index (χ4n) is 0.904. The van der Waals surface area contributed by atoms with E-state index in [1.807, 2.05) is 24.3 Å². The van der Waals surface area contributed by atoms with Crippen LogP contribution in [0.25, 0.3) is 0 Å². The molecule has 0 atom stereocenters. The third-order valence-corrected chi connectivity index (χ3v) is 4.30. The Hall–Kier alpha value is -1.43. The monoisotopic (exact) mass is 494 g/mol. The molecule has 150 valence electrons. The molecule has 0 fully saturated rings. The second-order valence-corrected chi connectivity index (χ2v) is 7.67. The van der Waals surface area contributed by atoms with E-state index in [1.165, 1.54) is 32.2 Å². The van der Waals surface area contributed by atoms with Gasteiger partial charge in [-0.25, -0.2) is 24.3 Å². The van der Waals surface area contributed by atoms with Gasteiger partial charge in [-0.2, -0.15) is 12.2 Å². The van der Waals surface area contributed by atoms with Crippen molar-refractivity contribution in [2.75, 3.05) is 0 Å². The van der Waals surface area contributed by atoms with E-state index < -0.39 is 18.7 Å². The molecule has 0 bridgehead atoms. The molecule has 0 spiro atoms. The Morgan fingerprint density at radius 3 is 1.19 bits per heavy atom. The quantitative estimate of drug-likeness (QED) is 0.335. The summed E-state index contributed by atoms with van der Waals surface area (Å²) in [6.45, 7) is 2.52. The molecule has 0 unspecified atom stereocenters. The molecule has 2 rings (SSSR count). The molecular formula is C16H16F2Fe2O5Si2-2. The molecule has 27 heavy (non-hydrogen) atoms. The van der Waals surface area contributed by atoms with Crippen LogP contribution >= 0.6 is 0 Å². The van der Waals surface area contributed by atoms with Crippen LogP contribution in [0.3, 0.4) is 0 Å². The third kappa shape index (κ3) is 45.6. The van der Waals surface area contributed by atoms with Crippen LogP contribution in [0.4, 0.5) is 8.22 Å². The van der Waals surface area contributed by atoms with E-state index in [0.29, 0.717) is 0 Å². The molecule has 0 heterocycles. The van der Waals surface area contributed by atoms with E-state index in [9.17, 15) is 8.22 Å². The Kier molecular flexibility index (Phi) is 32.9. The third-order valence-electron chi connectivity index (χ3n) is 1.60. The zero-order valence-electron chi connectivity index (χ0n) is 14.4. The Labute approximate surface area is 171 Å². The predicted octanol–water partition coefficient (Wildman–Crippen LogP) is 2.20. The van der Waals surface area contributed by atoms with Gasteiger partial charge in [-0.3, -0.25) is 20.4 Å². The van der Waals surface area contributed by atoms with Crippen molar-refractivity contribution < 1.29 is 59.7 Å². The number of hydrogen-bond donors (Lipinski definition) is 0. The molecule has 0 saturated carbocycles. The van der Waals surface area contributed by atoms with Gasteiger partial charge >= 0.3 is 85.2 Å². The van der Waals surface area contributed by atoms with Gasteiger partial charge in [-0.15, -0.1) is 12.8 Å². The summed E-state index contributed by atoms with van der Waals surface area (Å²) < 4.78 is 27.4. The average molecular weight is 494 g/mol. The zero-order valence-corrected chi connectivity index (χ0v) is 18.6. The number of halogens is 2. The number of carbonyl (C=O) groups excluding carboxylic acids is 4. The van der Waals surface area contributed by atoms with Gasteiger partial charge < -0.3 is 4.12 Å².